The van der Waals surface area contributed by atoms with E-state index in [2.05, 4.69) is 15.0 Å². The van der Waals surface area contributed by atoms with E-state index in [0.29, 0.717) is 22.4 Å². The number of ether oxygens (including phenoxy) is 2. The van der Waals surface area contributed by atoms with E-state index in [1.54, 1.807) is 32.0 Å². The summed E-state index contributed by atoms with van der Waals surface area (Å²) in [6.45, 7) is 0.320. The SMILES string of the molecule is COC(=O)c1c(C)[nH]c(C(=O)NCc2ccccc2OC(F)F)c1C. The van der Waals surface area contributed by atoms with E-state index in [1.165, 1.54) is 13.2 Å². The second-order valence-corrected chi connectivity index (χ2v) is 5.29. The molecule has 2 aromatic rings. The first-order valence-corrected chi connectivity index (χ1v) is 7.43. The Morgan fingerprint density at radius 3 is 2.56 bits per heavy atom. The van der Waals surface area contributed by atoms with Gasteiger partial charge < -0.3 is 19.8 Å². The predicted octanol–water partition coefficient (Wildman–Crippen LogP) is 2.95. The van der Waals surface area contributed by atoms with Gasteiger partial charge in [-0.2, -0.15) is 8.78 Å². The Labute approximate surface area is 143 Å². The molecule has 0 atom stereocenters. The summed E-state index contributed by atoms with van der Waals surface area (Å²) in [5.41, 5.74) is 1.89. The number of carbonyl (C=O) groups excluding carboxylic acids is 2. The van der Waals surface area contributed by atoms with E-state index < -0.39 is 18.5 Å². The standard InChI is InChI=1S/C17H18F2N2O4/c1-9-13(16(23)24-3)10(2)21-14(9)15(22)20-8-11-6-4-5-7-12(11)25-17(18)19/h4-7,17,21H,8H2,1-3H3,(H,20,22). The lowest BCUT2D eigenvalue weighted by molar-refractivity contribution is -0.0504. The molecule has 1 aromatic carbocycles. The number of aromatic nitrogens is 1. The van der Waals surface area contributed by atoms with Gasteiger partial charge in [-0.1, -0.05) is 18.2 Å². The van der Waals surface area contributed by atoms with Crippen LogP contribution >= 0.6 is 0 Å². The maximum absolute atomic E-state index is 12.4. The van der Waals surface area contributed by atoms with Gasteiger partial charge in [-0.15, -0.1) is 0 Å². The zero-order valence-electron chi connectivity index (χ0n) is 14.0. The van der Waals surface area contributed by atoms with Crippen LogP contribution in [0.1, 0.15) is 37.7 Å². The first-order valence-electron chi connectivity index (χ1n) is 7.43. The zero-order valence-corrected chi connectivity index (χ0v) is 14.0. The average Bonchev–Trinajstić information content (AvgIpc) is 2.87. The number of aromatic amines is 1. The number of para-hydroxylation sites is 1. The highest BCUT2D eigenvalue weighted by atomic mass is 19.3. The van der Waals surface area contributed by atoms with Crippen molar-refractivity contribution >= 4 is 11.9 Å². The molecule has 0 saturated heterocycles. The van der Waals surface area contributed by atoms with Crippen LogP contribution < -0.4 is 10.1 Å². The van der Waals surface area contributed by atoms with Gasteiger partial charge in [0.1, 0.15) is 11.4 Å². The molecular weight excluding hydrogens is 334 g/mol. The predicted molar refractivity (Wildman–Crippen MR) is 85.9 cm³/mol. The molecule has 2 rings (SSSR count). The van der Waals surface area contributed by atoms with Gasteiger partial charge in [0.2, 0.25) is 0 Å². The molecular formula is C17H18F2N2O4. The fourth-order valence-electron chi connectivity index (χ4n) is 2.51. The number of hydrogen-bond acceptors (Lipinski definition) is 4. The summed E-state index contributed by atoms with van der Waals surface area (Å²) < 4.78 is 33.9. The molecule has 0 aliphatic carbocycles. The number of nitrogens with one attached hydrogen (secondary N) is 2. The molecule has 0 aliphatic rings. The molecule has 1 aromatic heterocycles. The summed E-state index contributed by atoms with van der Waals surface area (Å²) in [6, 6.07) is 6.18. The van der Waals surface area contributed by atoms with Crippen molar-refractivity contribution < 1.29 is 27.8 Å². The van der Waals surface area contributed by atoms with Crippen molar-refractivity contribution in [1.82, 2.24) is 10.3 Å². The van der Waals surface area contributed by atoms with Gasteiger partial charge in [-0.05, 0) is 25.5 Å². The number of methoxy groups -OCH3 is 1. The molecule has 0 fully saturated rings. The Hall–Kier alpha value is -2.90. The first-order chi connectivity index (χ1) is 11.8. The van der Waals surface area contributed by atoms with E-state index in [1.807, 2.05) is 0 Å². The number of amides is 1. The monoisotopic (exact) mass is 352 g/mol. The van der Waals surface area contributed by atoms with Crippen molar-refractivity contribution in [2.75, 3.05) is 7.11 Å². The van der Waals surface area contributed by atoms with Gasteiger partial charge in [-0.3, -0.25) is 4.79 Å². The topological polar surface area (TPSA) is 80.4 Å². The molecule has 1 heterocycles. The van der Waals surface area contributed by atoms with Gasteiger partial charge in [0.05, 0.1) is 12.7 Å². The molecule has 0 saturated carbocycles. The second kappa shape index (κ2) is 7.78. The lowest BCUT2D eigenvalue weighted by Gasteiger charge is -2.11. The van der Waals surface area contributed by atoms with E-state index in [9.17, 15) is 18.4 Å². The minimum atomic E-state index is -2.95. The summed E-state index contributed by atoms with van der Waals surface area (Å²) in [5, 5.41) is 2.62. The van der Waals surface area contributed by atoms with Crippen LogP contribution in [0, 0.1) is 13.8 Å². The quantitative estimate of drug-likeness (QED) is 0.784. The van der Waals surface area contributed by atoms with E-state index >= 15 is 0 Å². The second-order valence-electron chi connectivity index (χ2n) is 5.29. The molecule has 0 aliphatic heterocycles. The number of halogens is 2. The van der Waals surface area contributed by atoms with Crippen LogP contribution in [-0.2, 0) is 11.3 Å². The van der Waals surface area contributed by atoms with Crippen LogP contribution in [0.5, 0.6) is 5.75 Å². The number of esters is 1. The highest BCUT2D eigenvalue weighted by Crippen LogP contribution is 2.21. The van der Waals surface area contributed by atoms with Crippen LogP contribution in [0.15, 0.2) is 24.3 Å². The number of aryl methyl sites for hydroxylation is 1. The summed E-state index contributed by atoms with van der Waals surface area (Å²) in [6.07, 6.45) is 0. The van der Waals surface area contributed by atoms with Crippen molar-refractivity contribution in [2.24, 2.45) is 0 Å². The molecule has 0 radical (unpaired) electrons. The fraction of sp³-hybridized carbons (Fsp3) is 0.294. The van der Waals surface area contributed by atoms with Gasteiger partial charge in [0.15, 0.2) is 0 Å². The van der Waals surface area contributed by atoms with E-state index in [0.717, 1.165) is 0 Å². The number of rotatable bonds is 6. The molecule has 6 nitrogen and oxygen atoms in total. The lowest BCUT2D eigenvalue weighted by Crippen LogP contribution is -2.24. The summed E-state index contributed by atoms with van der Waals surface area (Å²) >= 11 is 0. The smallest absolute Gasteiger partial charge is 0.387 e. The molecule has 0 unspecified atom stereocenters. The van der Waals surface area contributed by atoms with Crippen LogP contribution in [0.2, 0.25) is 0 Å². The average molecular weight is 352 g/mol. The van der Waals surface area contributed by atoms with Gasteiger partial charge >= 0.3 is 12.6 Å². The van der Waals surface area contributed by atoms with Crippen molar-refractivity contribution in [3.05, 3.63) is 52.3 Å². The highest BCUT2D eigenvalue weighted by Gasteiger charge is 2.22. The lowest BCUT2D eigenvalue weighted by atomic mass is 10.1. The normalized spacial score (nSPS) is 10.6. The number of alkyl halides is 2. The van der Waals surface area contributed by atoms with Crippen LogP contribution in [-0.4, -0.2) is 30.6 Å². The highest BCUT2D eigenvalue weighted by molar-refractivity contribution is 6.00. The number of carbonyl (C=O) groups is 2. The van der Waals surface area contributed by atoms with Gasteiger partial charge in [0.25, 0.3) is 5.91 Å². The largest absolute Gasteiger partial charge is 0.465 e. The molecule has 0 bridgehead atoms. The van der Waals surface area contributed by atoms with Crippen molar-refractivity contribution in [1.29, 1.82) is 0 Å². The van der Waals surface area contributed by atoms with Crippen molar-refractivity contribution in [3.63, 3.8) is 0 Å². The maximum atomic E-state index is 12.4. The van der Waals surface area contributed by atoms with Crippen LogP contribution in [0.3, 0.4) is 0 Å². The molecule has 8 heteroatoms. The minimum Gasteiger partial charge on any atom is -0.465 e. The molecule has 0 spiro atoms. The Morgan fingerprint density at radius 2 is 1.92 bits per heavy atom. The van der Waals surface area contributed by atoms with E-state index in [4.69, 9.17) is 4.74 Å². The number of H-pyrrole nitrogens is 1. The Morgan fingerprint density at radius 1 is 1.24 bits per heavy atom. The first kappa shape index (κ1) is 18.4. The third-order valence-corrected chi connectivity index (χ3v) is 3.68. The summed E-state index contributed by atoms with van der Waals surface area (Å²) in [7, 11) is 1.26. The maximum Gasteiger partial charge on any atom is 0.387 e. The fourth-order valence-corrected chi connectivity index (χ4v) is 2.51. The third-order valence-electron chi connectivity index (χ3n) is 3.68. The minimum absolute atomic E-state index is 0.00700. The van der Waals surface area contributed by atoms with Crippen molar-refractivity contribution in [2.45, 2.75) is 27.0 Å². The van der Waals surface area contributed by atoms with Gasteiger partial charge in [0, 0.05) is 17.8 Å². The number of hydrogen-bond donors (Lipinski definition) is 2. The Bertz CT molecular complexity index is 787. The zero-order chi connectivity index (χ0) is 18.6. The summed E-state index contributed by atoms with van der Waals surface area (Å²) in [5.74, 6) is -1.02. The Balaban J connectivity index is 2.16. The number of benzene rings is 1. The molecule has 2 N–H and O–H groups in total. The third kappa shape index (κ3) is 4.14. The Kier molecular flexibility index (Phi) is 5.74. The molecule has 1 amide bonds. The molecule has 25 heavy (non-hydrogen) atoms. The van der Waals surface area contributed by atoms with Gasteiger partial charge in [-0.25, -0.2) is 4.79 Å². The van der Waals surface area contributed by atoms with Crippen LogP contribution in [0.25, 0.3) is 0 Å². The van der Waals surface area contributed by atoms with E-state index in [-0.39, 0.29) is 18.0 Å². The van der Waals surface area contributed by atoms with Crippen molar-refractivity contribution in [3.8, 4) is 5.75 Å². The van der Waals surface area contributed by atoms with Crippen LogP contribution in [0.4, 0.5) is 8.78 Å². The summed E-state index contributed by atoms with van der Waals surface area (Å²) in [4.78, 5) is 27.0. The molecule has 134 valence electrons.